The average molecular weight is 281 g/mol. The van der Waals surface area contributed by atoms with Crippen molar-refractivity contribution in [1.82, 2.24) is 5.32 Å². The third-order valence-corrected chi connectivity index (χ3v) is 3.88. The van der Waals surface area contributed by atoms with Gasteiger partial charge >= 0.3 is 0 Å². The lowest BCUT2D eigenvalue weighted by Gasteiger charge is -2.12. The fourth-order valence-electron chi connectivity index (χ4n) is 2.47. The summed E-state index contributed by atoms with van der Waals surface area (Å²) in [6.07, 6.45) is 3.72. The molecule has 3 rings (SSSR count). The molecule has 0 atom stereocenters. The maximum absolute atomic E-state index is 5.95. The van der Waals surface area contributed by atoms with Gasteiger partial charge in [-0.3, -0.25) is 0 Å². The van der Waals surface area contributed by atoms with Gasteiger partial charge in [0.15, 0.2) is 0 Å². The first-order chi connectivity index (χ1) is 10.4. The monoisotopic (exact) mass is 281 g/mol. The van der Waals surface area contributed by atoms with E-state index in [2.05, 4.69) is 53.8 Å². The van der Waals surface area contributed by atoms with Crippen LogP contribution < -0.4 is 10.1 Å². The molecule has 2 nitrogen and oxygen atoms in total. The molecule has 0 amide bonds. The van der Waals surface area contributed by atoms with Crippen LogP contribution >= 0.6 is 0 Å². The van der Waals surface area contributed by atoms with Crippen molar-refractivity contribution >= 4 is 0 Å². The normalized spacial score (nSPS) is 14.1. The lowest BCUT2D eigenvalue weighted by molar-refractivity contribution is 0.310. The molecule has 2 heteroatoms. The van der Waals surface area contributed by atoms with E-state index in [1.54, 1.807) is 0 Å². The Morgan fingerprint density at radius 2 is 1.71 bits per heavy atom. The van der Waals surface area contributed by atoms with Gasteiger partial charge in [-0.25, -0.2) is 0 Å². The lowest BCUT2D eigenvalue weighted by atomic mass is 10.0. The van der Waals surface area contributed by atoms with Crippen molar-refractivity contribution in [3.63, 3.8) is 0 Å². The number of benzene rings is 2. The molecule has 0 aromatic heterocycles. The Morgan fingerprint density at radius 1 is 0.952 bits per heavy atom. The summed E-state index contributed by atoms with van der Waals surface area (Å²) in [5, 5.41) is 3.46. The second kappa shape index (κ2) is 7.28. The van der Waals surface area contributed by atoms with Gasteiger partial charge in [-0.15, -0.1) is 0 Å². The highest BCUT2D eigenvalue weighted by atomic mass is 16.5. The fraction of sp³-hybridized carbons (Fsp3) is 0.368. The molecule has 1 fully saturated rings. The Morgan fingerprint density at radius 3 is 2.52 bits per heavy atom. The quantitative estimate of drug-likeness (QED) is 0.746. The van der Waals surface area contributed by atoms with Crippen molar-refractivity contribution < 1.29 is 4.74 Å². The van der Waals surface area contributed by atoms with Crippen LogP contribution in [0.5, 0.6) is 5.75 Å². The molecule has 1 aliphatic rings. The average Bonchev–Trinajstić information content (AvgIpc) is 3.34. The molecule has 1 aliphatic carbocycles. The van der Waals surface area contributed by atoms with Gasteiger partial charge in [0.25, 0.3) is 0 Å². The number of hydrogen-bond donors (Lipinski definition) is 1. The van der Waals surface area contributed by atoms with Crippen molar-refractivity contribution in [3.05, 3.63) is 65.7 Å². The highest BCUT2D eigenvalue weighted by molar-refractivity contribution is 5.37. The Hall–Kier alpha value is -1.80. The highest BCUT2D eigenvalue weighted by Crippen LogP contribution is 2.27. The molecule has 0 radical (unpaired) electrons. The number of para-hydroxylation sites is 1. The van der Waals surface area contributed by atoms with Crippen LogP contribution in [0.4, 0.5) is 0 Å². The largest absolute Gasteiger partial charge is 0.492 e. The standard InChI is InChI=1S/C19H23NO/c1-2-6-16(7-3-1)14-18-8-4-5-9-19(18)21-13-12-20-15-17-10-11-17/h1-9,17,20H,10-15H2. The van der Waals surface area contributed by atoms with Gasteiger partial charge in [-0.2, -0.15) is 0 Å². The Bertz CT molecular complexity index is 549. The van der Waals surface area contributed by atoms with E-state index in [-0.39, 0.29) is 0 Å². The third kappa shape index (κ3) is 4.61. The van der Waals surface area contributed by atoms with Crippen molar-refractivity contribution in [2.24, 2.45) is 5.92 Å². The van der Waals surface area contributed by atoms with E-state index in [1.165, 1.54) is 24.0 Å². The van der Waals surface area contributed by atoms with Gasteiger partial charge in [0.1, 0.15) is 12.4 Å². The first-order valence-electron chi connectivity index (χ1n) is 7.87. The first kappa shape index (κ1) is 14.2. The van der Waals surface area contributed by atoms with Crippen LogP contribution in [0.3, 0.4) is 0 Å². The molecule has 21 heavy (non-hydrogen) atoms. The molecule has 0 spiro atoms. The fourth-order valence-corrected chi connectivity index (χ4v) is 2.47. The smallest absolute Gasteiger partial charge is 0.122 e. The molecule has 1 N–H and O–H groups in total. The summed E-state index contributed by atoms with van der Waals surface area (Å²) in [7, 11) is 0. The second-order valence-electron chi connectivity index (χ2n) is 5.77. The molecule has 1 saturated carbocycles. The van der Waals surface area contributed by atoms with Crippen molar-refractivity contribution in [2.45, 2.75) is 19.3 Å². The van der Waals surface area contributed by atoms with E-state index >= 15 is 0 Å². The zero-order chi connectivity index (χ0) is 14.3. The number of hydrogen-bond acceptors (Lipinski definition) is 2. The molecule has 2 aromatic rings. The van der Waals surface area contributed by atoms with E-state index in [9.17, 15) is 0 Å². The second-order valence-corrected chi connectivity index (χ2v) is 5.77. The molecular weight excluding hydrogens is 258 g/mol. The summed E-state index contributed by atoms with van der Waals surface area (Å²) in [6, 6.07) is 18.9. The Kier molecular flexibility index (Phi) is 4.90. The van der Waals surface area contributed by atoms with E-state index in [0.29, 0.717) is 0 Å². The van der Waals surface area contributed by atoms with Crippen LogP contribution in [0, 0.1) is 5.92 Å². The maximum Gasteiger partial charge on any atom is 0.122 e. The van der Waals surface area contributed by atoms with E-state index in [0.717, 1.165) is 37.8 Å². The van der Waals surface area contributed by atoms with Crippen LogP contribution in [0.25, 0.3) is 0 Å². The number of nitrogens with one attached hydrogen (secondary N) is 1. The minimum Gasteiger partial charge on any atom is -0.492 e. The van der Waals surface area contributed by atoms with Gasteiger partial charge < -0.3 is 10.1 Å². The molecular formula is C19H23NO. The van der Waals surface area contributed by atoms with Crippen molar-refractivity contribution in [3.8, 4) is 5.75 Å². The summed E-state index contributed by atoms with van der Waals surface area (Å²) in [5.41, 5.74) is 2.58. The van der Waals surface area contributed by atoms with Crippen molar-refractivity contribution in [1.29, 1.82) is 0 Å². The molecule has 0 saturated heterocycles. The van der Waals surface area contributed by atoms with Crippen LogP contribution in [0.15, 0.2) is 54.6 Å². The lowest BCUT2D eigenvalue weighted by Crippen LogP contribution is -2.23. The highest BCUT2D eigenvalue weighted by Gasteiger charge is 2.19. The molecule has 110 valence electrons. The molecule has 0 aliphatic heterocycles. The van der Waals surface area contributed by atoms with Gasteiger partial charge in [-0.05, 0) is 42.5 Å². The van der Waals surface area contributed by atoms with Crippen LogP contribution in [-0.4, -0.2) is 19.7 Å². The zero-order valence-electron chi connectivity index (χ0n) is 12.4. The predicted octanol–water partition coefficient (Wildman–Crippen LogP) is 3.66. The summed E-state index contributed by atoms with van der Waals surface area (Å²) in [5.74, 6) is 1.94. The summed E-state index contributed by atoms with van der Waals surface area (Å²) in [6.45, 7) is 2.81. The van der Waals surface area contributed by atoms with Gasteiger partial charge in [0.05, 0.1) is 0 Å². The van der Waals surface area contributed by atoms with Crippen LogP contribution in [0.1, 0.15) is 24.0 Å². The zero-order valence-corrected chi connectivity index (χ0v) is 12.4. The Labute approximate surface area is 127 Å². The van der Waals surface area contributed by atoms with E-state index in [1.807, 2.05) is 6.07 Å². The summed E-state index contributed by atoms with van der Waals surface area (Å²) >= 11 is 0. The molecule has 0 bridgehead atoms. The van der Waals surface area contributed by atoms with Crippen LogP contribution in [-0.2, 0) is 6.42 Å². The number of ether oxygens (including phenoxy) is 1. The summed E-state index contributed by atoms with van der Waals surface area (Å²) in [4.78, 5) is 0. The van der Waals surface area contributed by atoms with E-state index in [4.69, 9.17) is 4.74 Å². The van der Waals surface area contributed by atoms with Gasteiger partial charge in [-0.1, -0.05) is 48.5 Å². The predicted molar refractivity (Wildman–Crippen MR) is 86.8 cm³/mol. The first-order valence-corrected chi connectivity index (χ1v) is 7.87. The van der Waals surface area contributed by atoms with Crippen LogP contribution in [0.2, 0.25) is 0 Å². The molecule has 0 heterocycles. The van der Waals surface area contributed by atoms with E-state index < -0.39 is 0 Å². The molecule has 0 unspecified atom stereocenters. The summed E-state index contributed by atoms with van der Waals surface area (Å²) < 4.78 is 5.95. The van der Waals surface area contributed by atoms with Crippen molar-refractivity contribution in [2.75, 3.05) is 19.7 Å². The minimum absolute atomic E-state index is 0.735. The third-order valence-electron chi connectivity index (χ3n) is 3.88. The van der Waals surface area contributed by atoms with Gasteiger partial charge in [0.2, 0.25) is 0 Å². The number of rotatable bonds is 8. The molecule has 2 aromatic carbocycles. The maximum atomic E-state index is 5.95. The SMILES string of the molecule is c1ccc(Cc2ccccc2OCCNCC2CC2)cc1. The topological polar surface area (TPSA) is 21.3 Å². The van der Waals surface area contributed by atoms with Gasteiger partial charge in [0, 0.05) is 13.0 Å². The Balaban J connectivity index is 1.51. The minimum atomic E-state index is 0.735.